The van der Waals surface area contributed by atoms with Crippen LogP contribution in [-0.4, -0.2) is 28.7 Å². The quantitative estimate of drug-likeness (QED) is 0.582. The number of aromatic nitrogens is 2. The van der Waals surface area contributed by atoms with Crippen molar-refractivity contribution in [3.8, 4) is 17.0 Å². The molecule has 0 aliphatic carbocycles. The van der Waals surface area contributed by atoms with Crippen LogP contribution in [0.5, 0.6) is 5.75 Å². The van der Waals surface area contributed by atoms with Gasteiger partial charge in [-0.05, 0) is 49.1 Å². The van der Waals surface area contributed by atoms with Crippen molar-refractivity contribution in [2.45, 2.75) is 18.4 Å². The number of nitrogens with one attached hydrogen (secondary N) is 1. The number of nitrogens with zero attached hydrogens (tertiary/aromatic N) is 2. The number of ether oxygens (including phenoxy) is 1. The van der Waals surface area contributed by atoms with Crippen molar-refractivity contribution in [3.63, 3.8) is 0 Å². The number of hydrogen-bond donors (Lipinski definition) is 1. The Labute approximate surface area is 160 Å². The molecule has 1 N–H and O–H groups in total. The minimum Gasteiger partial charge on any atom is -0.494 e. The number of carbonyl (C=O) groups excluding carboxylic acids is 1. The molecule has 0 bridgehead atoms. The van der Waals surface area contributed by atoms with Crippen LogP contribution in [0.3, 0.4) is 0 Å². The molecule has 3 aromatic rings. The Balaban J connectivity index is 1.70. The summed E-state index contributed by atoms with van der Waals surface area (Å²) in [4.78, 5) is 21.2. The molecular formula is C19H19N3O2S2. The lowest BCUT2D eigenvalue weighted by Gasteiger charge is -2.05. The van der Waals surface area contributed by atoms with E-state index < -0.39 is 0 Å². The van der Waals surface area contributed by atoms with Crippen molar-refractivity contribution in [3.05, 3.63) is 53.5 Å². The highest BCUT2D eigenvalue weighted by molar-refractivity contribution is 7.98. The Bertz CT molecular complexity index is 879. The highest BCUT2D eigenvalue weighted by atomic mass is 32.2. The number of rotatable bonds is 7. The molecule has 26 heavy (non-hydrogen) atoms. The summed E-state index contributed by atoms with van der Waals surface area (Å²) in [6.07, 6.45) is 4.55. The molecule has 7 heteroatoms. The number of pyridine rings is 1. The van der Waals surface area contributed by atoms with Crippen LogP contribution in [0.25, 0.3) is 11.3 Å². The number of hydrogen-bond acceptors (Lipinski definition) is 6. The maximum atomic E-state index is 12.5. The molecule has 0 radical (unpaired) electrons. The van der Waals surface area contributed by atoms with Crippen molar-refractivity contribution in [1.29, 1.82) is 0 Å². The SMILES string of the molecule is CCCOc1ccc(-c2csc(NC(=O)c3cccnc3SC)n2)cc1. The van der Waals surface area contributed by atoms with E-state index in [4.69, 9.17) is 4.74 Å². The molecule has 0 atom stereocenters. The van der Waals surface area contributed by atoms with Crippen LogP contribution in [0.1, 0.15) is 23.7 Å². The summed E-state index contributed by atoms with van der Waals surface area (Å²) in [5.41, 5.74) is 2.36. The second-order valence-corrected chi connectivity index (χ2v) is 7.08. The fraction of sp³-hybridized carbons (Fsp3) is 0.211. The van der Waals surface area contributed by atoms with Gasteiger partial charge in [0.15, 0.2) is 5.13 Å². The first-order chi connectivity index (χ1) is 12.7. The van der Waals surface area contributed by atoms with E-state index >= 15 is 0 Å². The van der Waals surface area contributed by atoms with E-state index in [0.717, 1.165) is 23.4 Å². The predicted molar refractivity (Wildman–Crippen MR) is 107 cm³/mol. The Kier molecular flexibility index (Phi) is 6.25. The molecule has 0 aliphatic heterocycles. The summed E-state index contributed by atoms with van der Waals surface area (Å²) in [5.74, 6) is 0.646. The van der Waals surface area contributed by atoms with Crippen molar-refractivity contribution < 1.29 is 9.53 Å². The summed E-state index contributed by atoms with van der Waals surface area (Å²) in [7, 11) is 0. The number of amides is 1. The highest BCUT2D eigenvalue weighted by Crippen LogP contribution is 2.27. The number of carbonyl (C=O) groups is 1. The van der Waals surface area contributed by atoms with Crippen LogP contribution in [0.2, 0.25) is 0 Å². The standard InChI is InChI=1S/C19H19N3O2S2/c1-3-11-24-14-8-6-13(7-9-14)16-12-26-19(21-16)22-17(23)15-5-4-10-20-18(15)25-2/h4-10,12H,3,11H2,1-2H3,(H,21,22,23). The molecule has 0 unspecified atom stereocenters. The number of thiazole rings is 1. The van der Waals surface area contributed by atoms with E-state index in [1.807, 2.05) is 35.9 Å². The predicted octanol–water partition coefficient (Wildman–Crippen LogP) is 4.97. The van der Waals surface area contributed by atoms with Gasteiger partial charge in [-0.2, -0.15) is 0 Å². The summed E-state index contributed by atoms with van der Waals surface area (Å²) in [6, 6.07) is 11.3. The Morgan fingerprint density at radius 2 is 2.08 bits per heavy atom. The third kappa shape index (κ3) is 4.42. The third-order valence-electron chi connectivity index (χ3n) is 3.56. The van der Waals surface area contributed by atoms with E-state index in [2.05, 4.69) is 22.2 Å². The lowest BCUT2D eigenvalue weighted by Crippen LogP contribution is -2.13. The van der Waals surface area contributed by atoms with Gasteiger partial charge in [-0.25, -0.2) is 9.97 Å². The Morgan fingerprint density at radius 1 is 1.27 bits per heavy atom. The van der Waals surface area contributed by atoms with Crippen molar-refractivity contribution in [2.75, 3.05) is 18.2 Å². The fourth-order valence-electron chi connectivity index (χ4n) is 2.30. The van der Waals surface area contributed by atoms with Crippen LogP contribution in [0, 0.1) is 0 Å². The first-order valence-corrected chi connectivity index (χ1v) is 10.3. The first-order valence-electron chi connectivity index (χ1n) is 8.20. The average Bonchev–Trinajstić information content (AvgIpc) is 3.15. The van der Waals surface area contributed by atoms with Gasteiger partial charge in [0.05, 0.1) is 17.9 Å². The monoisotopic (exact) mass is 385 g/mol. The van der Waals surface area contributed by atoms with Gasteiger partial charge in [0.25, 0.3) is 5.91 Å². The molecular weight excluding hydrogens is 366 g/mol. The van der Waals surface area contributed by atoms with Gasteiger partial charge >= 0.3 is 0 Å². The lowest BCUT2D eigenvalue weighted by atomic mass is 10.2. The second-order valence-electron chi connectivity index (χ2n) is 5.43. The minimum absolute atomic E-state index is 0.202. The maximum absolute atomic E-state index is 12.5. The van der Waals surface area contributed by atoms with Gasteiger partial charge in [0.2, 0.25) is 0 Å². The maximum Gasteiger partial charge on any atom is 0.260 e. The Morgan fingerprint density at radius 3 is 2.81 bits per heavy atom. The molecule has 0 saturated carbocycles. The number of benzene rings is 1. The topological polar surface area (TPSA) is 64.1 Å². The van der Waals surface area contributed by atoms with Crippen LogP contribution in [0.4, 0.5) is 5.13 Å². The van der Waals surface area contributed by atoms with Gasteiger partial charge in [-0.1, -0.05) is 6.92 Å². The van der Waals surface area contributed by atoms with Gasteiger partial charge in [-0.15, -0.1) is 23.1 Å². The molecule has 0 aliphatic rings. The van der Waals surface area contributed by atoms with Crippen LogP contribution in [0.15, 0.2) is 53.0 Å². The van der Waals surface area contributed by atoms with Gasteiger partial charge < -0.3 is 4.74 Å². The Hall–Kier alpha value is -2.38. The molecule has 5 nitrogen and oxygen atoms in total. The summed E-state index contributed by atoms with van der Waals surface area (Å²) in [5, 5.41) is 6.04. The smallest absolute Gasteiger partial charge is 0.260 e. The van der Waals surface area contributed by atoms with Crippen molar-refractivity contribution in [1.82, 2.24) is 9.97 Å². The molecule has 0 spiro atoms. The molecule has 1 aromatic carbocycles. The van der Waals surface area contributed by atoms with E-state index in [1.165, 1.54) is 23.1 Å². The zero-order valence-electron chi connectivity index (χ0n) is 14.6. The summed E-state index contributed by atoms with van der Waals surface area (Å²) in [6.45, 7) is 2.78. The zero-order chi connectivity index (χ0) is 18.4. The van der Waals surface area contributed by atoms with Crippen LogP contribution < -0.4 is 10.1 Å². The first kappa shape index (κ1) is 18.4. The zero-order valence-corrected chi connectivity index (χ0v) is 16.2. The molecule has 3 rings (SSSR count). The second kappa shape index (κ2) is 8.82. The van der Waals surface area contributed by atoms with E-state index in [9.17, 15) is 4.79 Å². The highest BCUT2D eigenvalue weighted by Gasteiger charge is 2.14. The van der Waals surface area contributed by atoms with Crippen LogP contribution >= 0.6 is 23.1 Å². The molecule has 2 heterocycles. The van der Waals surface area contributed by atoms with Gasteiger partial charge in [0, 0.05) is 17.1 Å². The van der Waals surface area contributed by atoms with Gasteiger partial charge in [0.1, 0.15) is 10.8 Å². The molecule has 0 saturated heterocycles. The molecule has 134 valence electrons. The van der Waals surface area contributed by atoms with E-state index in [-0.39, 0.29) is 5.91 Å². The lowest BCUT2D eigenvalue weighted by molar-refractivity contribution is 0.102. The fourth-order valence-corrected chi connectivity index (χ4v) is 3.56. The summed E-state index contributed by atoms with van der Waals surface area (Å²) >= 11 is 2.84. The van der Waals surface area contributed by atoms with E-state index in [1.54, 1.807) is 18.3 Å². The summed E-state index contributed by atoms with van der Waals surface area (Å²) < 4.78 is 5.59. The van der Waals surface area contributed by atoms with Crippen LogP contribution in [-0.2, 0) is 0 Å². The largest absolute Gasteiger partial charge is 0.494 e. The average molecular weight is 386 g/mol. The van der Waals surface area contributed by atoms with Gasteiger partial charge in [-0.3, -0.25) is 10.1 Å². The minimum atomic E-state index is -0.202. The van der Waals surface area contributed by atoms with E-state index in [0.29, 0.717) is 22.3 Å². The molecule has 2 aromatic heterocycles. The molecule has 1 amide bonds. The third-order valence-corrected chi connectivity index (χ3v) is 5.03. The molecule has 0 fully saturated rings. The van der Waals surface area contributed by atoms with Crippen molar-refractivity contribution >= 4 is 34.1 Å². The number of anilines is 1. The number of thioether (sulfide) groups is 1. The normalized spacial score (nSPS) is 10.5. The van der Waals surface area contributed by atoms with Crippen molar-refractivity contribution in [2.24, 2.45) is 0 Å².